The molecular weight excluding hydrogens is 346 g/mol. The van der Waals surface area contributed by atoms with Gasteiger partial charge in [-0.1, -0.05) is 12.1 Å². The minimum Gasteiger partial charge on any atom is -0.494 e. The van der Waals surface area contributed by atoms with Crippen molar-refractivity contribution in [3.05, 3.63) is 69.8 Å². The number of ether oxygens (including phenoxy) is 1. The van der Waals surface area contributed by atoms with E-state index in [1.54, 1.807) is 4.90 Å². The average molecular weight is 369 g/mol. The minimum atomic E-state index is -0.464. The Balaban J connectivity index is 1.52. The van der Waals surface area contributed by atoms with E-state index in [0.29, 0.717) is 25.3 Å². The van der Waals surface area contributed by atoms with Gasteiger partial charge < -0.3 is 9.64 Å². The molecule has 0 N–H and O–H groups in total. The highest BCUT2D eigenvalue weighted by atomic mass is 16.6. The average Bonchev–Trinajstić information content (AvgIpc) is 2.70. The van der Waals surface area contributed by atoms with E-state index in [1.165, 1.54) is 29.8 Å². The molecule has 0 unspecified atom stereocenters. The van der Waals surface area contributed by atoms with Gasteiger partial charge in [0.2, 0.25) is 0 Å². The van der Waals surface area contributed by atoms with Gasteiger partial charge in [-0.05, 0) is 36.8 Å². The van der Waals surface area contributed by atoms with Gasteiger partial charge in [0.05, 0.1) is 11.5 Å². The number of nitro groups is 1. The van der Waals surface area contributed by atoms with E-state index < -0.39 is 4.92 Å². The standard InChI is InChI=1S/C20H23N3O4/c1-2-27-19-9-3-16(4-10-19)15-21-11-13-22(14-12-21)20(24)17-5-7-18(8-6-17)23(25)26/h3-10H,2,11-15H2,1H3. The molecule has 1 aliphatic heterocycles. The summed E-state index contributed by atoms with van der Waals surface area (Å²) in [7, 11) is 0. The quantitative estimate of drug-likeness (QED) is 0.578. The van der Waals surface area contributed by atoms with Crippen LogP contribution in [0.1, 0.15) is 22.8 Å². The molecule has 0 aliphatic carbocycles. The van der Waals surface area contributed by atoms with Crippen molar-refractivity contribution in [3.8, 4) is 5.75 Å². The first-order valence-electron chi connectivity index (χ1n) is 9.04. The normalized spacial score (nSPS) is 14.8. The Bertz CT molecular complexity index is 782. The fourth-order valence-electron chi connectivity index (χ4n) is 3.13. The van der Waals surface area contributed by atoms with E-state index in [4.69, 9.17) is 4.74 Å². The predicted molar refractivity (Wildman–Crippen MR) is 102 cm³/mol. The number of hydrogen-bond acceptors (Lipinski definition) is 5. The van der Waals surface area contributed by atoms with E-state index in [1.807, 2.05) is 19.1 Å². The summed E-state index contributed by atoms with van der Waals surface area (Å²) in [5.41, 5.74) is 1.70. The van der Waals surface area contributed by atoms with Crippen LogP contribution in [-0.4, -0.2) is 53.4 Å². The van der Waals surface area contributed by atoms with E-state index in [2.05, 4.69) is 17.0 Å². The second-order valence-corrected chi connectivity index (χ2v) is 6.45. The smallest absolute Gasteiger partial charge is 0.269 e. The van der Waals surface area contributed by atoms with Crippen LogP contribution in [0.4, 0.5) is 5.69 Å². The molecule has 1 saturated heterocycles. The van der Waals surface area contributed by atoms with Crippen LogP contribution in [0.2, 0.25) is 0 Å². The van der Waals surface area contributed by atoms with Gasteiger partial charge in [0.1, 0.15) is 5.75 Å². The minimum absolute atomic E-state index is 0.00766. The summed E-state index contributed by atoms with van der Waals surface area (Å²) in [6, 6.07) is 13.9. The second-order valence-electron chi connectivity index (χ2n) is 6.45. The Kier molecular flexibility index (Phi) is 6.03. The van der Waals surface area contributed by atoms with Gasteiger partial charge in [-0.25, -0.2) is 0 Å². The first-order chi connectivity index (χ1) is 13.1. The van der Waals surface area contributed by atoms with Crippen LogP contribution in [0.5, 0.6) is 5.75 Å². The van der Waals surface area contributed by atoms with Crippen molar-refractivity contribution >= 4 is 11.6 Å². The van der Waals surface area contributed by atoms with Crippen LogP contribution < -0.4 is 4.74 Å². The van der Waals surface area contributed by atoms with E-state index in [9.17, 15) is 14.9 Å². The zero-order valence-corrected chi connectivity index (χ0v) is 15.3. The molecule has 0 saturated carbocycles. The molecule has 0 bridgehead atoms. The van der Waals surface area contributed by atoms with Crippen LogP contribution in [0.3, 0.4) is 0 Å². The molecular formula is C20H23N3O4. The van der Waals surface area contributed by atoms with Crippen molar-refractivity contribution in [2.75, 3.05) is 32.8 Å². The molecule has 1 aliphatic rings. The van der Waals surface area contributed by atoms with Crippen LogP contribution in [-0.2, 0) is 6.54 Å². The Labute approximate surface area is 158 Å². The van der Waals surface area contributed by atoms with Gasteiger partial charge in [-0.3, -0.25) is 19.8 Å². The Morgan fingerprint density at radius 2 is 1.67 bits per heavy atom. The number of piperazine rings is 1. The highest BCUT2D eigenvalue weighted by molar-refractivity contribution is 5.94. The third kappa shape index (κ3) is 4.83. The monoisotopic (exact) mass is 369 g/mol. The van der Waals surface area contributed by atoms with Gasteiger partial charge in [0.25, 0.3) is 11.6 Å². The number of hydrogen-bond donors (Lipinski definition) is 0. The summed E-state index contributed by atoms with van der Waals surface area (Å²) in [4.78, 5) is 26.9. The van der Waals surface area contributed by atoms with E-state index >= 15 is 0 Å². The SMILES string of the molecule is CCOc1ccc(CN2CCN(C(=O)c3ccc([N+](=O)[O-])cc3)CC2)cc1. The molecule has 142 valence electrons. The van der Waals surface area contributed by atoms with Crippen molar-refractivity contribution in [3.63, 3.8) is 0 Å². The predicted octanol–water partition coefficient (Wildman–Crippen LogP) is 2.95. The molecule has 1 heterocycles. The number of nitro benzene ring substituents is 1. The van der Waals surface area contributed by atoms with E-state index in [0.717, 1.165) is 25.4 Å². The first-order valence-corrected chi connectivity index (χ1v) is 9.04. The van der Waals surface area contributed by atoms with Gasteiger partial charge >= 0.3 is 0 Å². The maximum absolute atomic E-state index is 12.6. The lowest BCUT2D eigenvalue weighted by molar-refractivity contribution is -0.384. The molecule has 0 radical (unpaired) electrons. The highest BCUT2D eigenvalue weighted by Gasteiger charge is 2.22. The van der Waals surface area contributed by atoms with Crippen LogP contribution >= 0.6 is 0 Å². The van der Waals surface area contributed by atoms with Crippen LogP contribution in [0.25, 0.3) is 0 Å². The number of nitrogens with zero attached hydrogens (tertiary/aromatic N) is 3. The molecule has 0 aromatic heterocycles. The number of carbonyl (C=O) groups excluding carboxylic acids is 1. The topological polar surface area (TPSA) is 75.9 Å². The number of non-ortho nitro benzene ring substituents is 1. The largest absolute Gasteiger partial charge is 0.494 e. The molecule has 2 aromatic rings. The van der Waals surface area contributed by atoms with Gasteiger partial charge in [0, 0.05) is 50.4 Å². The van der Waals surface area contributed by atoms with Crippen molar-refractivity contribution in [2.45, 2.75) is 13.5 Å². The Morgan fingerprint density at radius 3 is 2.22 bits per heavy atom. The van der Waals surface area contributed by atoms with Gasteiger partial charge in [-0.2, -0.15) is 0 Å². The second kappa shape index (κ2) is 8.64. The van der Waals surface area contributed by atoms with Gasteiger partial charge in [0.15, 0.2) is 0 Å². The number of amides is 1. The maximum atomic E-state index is 12.6. The zero-order valence-electron chi connectivity index (χ0n) is 15.3. The maximum Gasteiger partial charge on any atom is 0.269 e. The molecule has 0 atom stereocenters. The Morgan fingerprint density at radius 1 is 1.04 bits per heavy atom. The van der Waals surface area contributed by atoms with Gasteiger partial charge in [-0.15, -0.1) is 0 Å². The number of benzene rings is 2. The lowest BCUT2D eigenvalue weighted by Crippen LogP contribution is -2.48. The van der Waals surface area contributed by atoms with Crippen molar-refractivity contribution in [1.29, 1.82) is 0 Å². The number of rotatable bonds is 6. The summed E-state index contributed by atoms with van der Waals surface area (Å²) in [5, 5.41) is 10.7. The summed E-state index contributed by atoms with van der Waals surface area (Å²) in [6.45, 7) is 6.35. The molecule has 7 heteroatoms. The fourth-order valence-corrected chi connectivity index (χ4v) is 3.13. The van der Waals surface area contributed by atoms with Crippen molar-refractivity contribution in [2.24, 2.45) is 0 Å². The summed E-state index contributed by atoms with van der Waals surface area (Å²) < 4.78 is 5.46. The Hall–Kier alpha value is -2.93. The lowest BCUT2D eigenvalue weighted by Gasteiger charge is -2.34. The third-order valence-corrected chi connectivity index (χ3v) is 4.63. The van der Waals surface area contributed by atoms with E-state index in [-0.39, 0.29) is 11.6 Å². The fraction of sp³-hybridized carbons (Fsp3) is 0.350. The molecule has 1 amide bonds. The number of carbonyl (C=O) groups is 1. The molecule has 2 aromatic carbocycles. The van der Waals surface area contributed by atoms with Crippen molar-refractivity contribution in [1.82, 2.24) is 9.80 Å². The summed E-state index contributed by atoms with van der Waals surface area (Å²) in [5.74, 6) is 0.797. The molecule has 0 spiro atoms. The molecule has 3 rings (SSSR count). The third-order valence-electron chi connectivity index (χ3n) is 4.63. The van der Waals surface area contributed by atoms with Crippen LogP contribution in [0.15, 0.2) is 48.5 Å². The zero-order chi connectivity index (χ0) is 19.2. The first kappa shape index (κ1) is 18.8. The summed E-state index contributed by atoms with van der Waals surface area (Å²) in [6.07, 6.45) is 0. The van der Waals surface area contributed by atoms with Crippen molar-refractivity contribution < 1.29 is 14.5 Å². The summed E-state index contributed by atoms with van der Waals surface area (Å²) >= 11 is 0. The lowest BCUT2D eigenvalue weighted by atomic mass is 10.1. The highest BCUT2D eigenvalue weighted by Crippen LogP contribution is 2.17. The molecule has 27 heavy (non-hydrogen) atoms. The molecule has 1 fully saturated rings. The molecule has 7 nitrogen and oxygen atoms in total. The van der Waals surface area contributed by atoms with Crippen LogP contribution in [0, 0.1) is 10.1 Å².